The van der Waals surface area contributed by atoms with Gasteiger partial charge in [0.15, 0.2) is 0 Å². The van der Waals surface area contributed by atoms with Gasteiger partial charge in [0.25, 0.3) is 0 Å². The molecule has 0 heterocycles. The Morgan fingerprint density at radius 2 is 1.32 bits per heavy atom. The van der Waals surface area contributed by atoms with Crippen LogP contribution < -0.4 is 0 Å². The van der Waals surface area contributed by atoms with Crippen LogP contribution in [0.2, 0.25) is 0 Å². The molecule has 0 saturated carbocycles. The molecule has 12 heteroatoms. The molecular formula is C13H13F6FeO4P-. The molecule has 0 spiro atoms. The number of allylic oxidation sites excluding steroid dienone is 6. The van der Waals surface area contributed by atoms with E-state index in [1.54, 1.807) is 7.11 Å². The third kappa shape index (κ3) is 51.8. The normalized spacial score (nSPS) is 14.6. The van der Waals surface area contributed by atoms with Crippen molar-refractivity contribution in [1.29, 1.82) is 0 Å². The third-order valence-electron chi connectivity index (χ3n) is 1.62. The summed E-state index contributed by atoms with van der Waals surface area (Å²) < 4.78 is 86.7. The maximum Gasteiger partial charge on any atom is 0 e. The molecule has 0 aliphatic heterocycles. The molecule has 1 rings (SSSR count). The monoisotopic (exact) mass is 434 g/mol. The number of methoxy groups -OCH3 is 1. The van der Waals surface area contributed by atoms with E-state index >= 15 is 0 Å². The Bertz CT molecular complexity index is 478. The molecular weight excluding hydrogens is 421 g/mol. The molecule has 1 aliphatic carbocycles. The van der Waals surface area contributed by atoms with Gasteiger partial charge in [0.1, 0.15) is 0 Å². The van der Waals surface area contributed by atoms with Crippen molar-refractivity contribution >= 4 is 7.81 Å². The van der Waals surface area contributed by atoms with Crippen LogP contribution in [0.5, 0.6) is 0 Å². The van der Waals surface area contributed by atoms with E-state index in [0.717, 1.165) is 12.2 Å². The van der Waals surface area contributed by atoms with E-state index in [0.29, 0.717) is 0 Å². The van der Waals surface area contributed by atoms with E-state index in [1.807, 2.05) is 19.1 Å². The van der Waals surface area contributed by atoms with E-state index in [4.69, 9.17) is 18.7 Å². The quantitative estimate of drug-likeness (QED) is 0.176. The van der Waals surface area contributed by atoms with Crippen molar-refractivity contribution in [2.75, 3.05) is 7.11 Å². The summed E-state index contributed by atoms with van der Waals surface area (Å²) in [7, 11) is -8.97. The zero-order valence-corrected chi connectivity index (χ0v) is 14.8. The second-order valence-corrected chi connectivity index (χ2v) is 5.30. The second-order valence-electron chi connectivity index (χ2n) is 3.38. The first-order chi connectivity index (χ1) is 10.8. The van der Waals surface area contributed by atoms with Gasteiger partial charge in [0.05, 0.1) is 12.9 Å². The van der Waals surface area contributed by atoms with Crippen molar-refractivity contribution in [2.45, 2.75) is 13.3 Å². The van der Waals surface area contributed by atoms with Crippen LogP contribution in [0.15, 0.2) is 35.6 Å². The van der Waals surface area contributed by atoms with Crippen LogP contribution in [0.3, 0.4) is 0 Å². The third-order valence-corrected chi connectivity index (χ3v) is 1.62. The van der Waals surface area contributed by atoms with Gasteiger partial charge in [-0.15, -0.1) is 0 Å². The van der Waals surface area contributed by atoms with Gasteiger partial charge in [-0.05, 0) is 25.0 Å². The Hall–Kier alpha value is -1.23. The number of ether oxygens (including phenoxy) is 1. The molecule has 1 radical (unpaired) electrons. The fraction of sp³-hybridized carbons (Fsp3) is 0.231. The molecule has 0 amide bonds. The zero-order chi connectivity index (χ0) is 20.5. The first kappa shape index (κ1) is 35.0. The van der Waals surface area contributed by atoms with Gasteiger partial charge in [-0.1, -0.05) is 18.2 Å². The van der Waals surface area contributed by atoms with Gasteiger partial charge in [0.2, 0.25) is 0 Å². The predicted molar refractivity (Wildman–Crippen MR) is 72.3 cm³/mol. The van der Waals surface area contributed by atoms with Gasteiger partial charge in [-0.25, -0.2) is 0 Å². The molecule has 0 atom stereocenters. The average molecular weight is 434 g/mol. The number of hydrogen-bond donors (Lipinski definition) is 0. The molecule has 0 fully saturated rings. The second kappa shape index (κ2) is 15.1. The van der Waals surface area contributed by atoms with Crippen molar-refractivity contribution < 1.29 is 60.9 Å². The van der Waals surface area contributed by atoms with E-state index in [-0.39, 0.29) is 17.1 Å². The Balaban J connectivity index is -0.0000000833. The molecule has 1 aliphatic rings. The predicted octanol–water partition coefficient (Wildman–Crippen LogP) is 5.89. The largest absolute Gasteiger partial charge is 0 e. The Morgan fingerprint density at radius 3 is 1.52 bits per heavy atom. The van der Waals surface area contributed by atoms with Crippen molar-refractivity contribution in [1.82, 2.24) is 0 Å². The summed E-state index contributed by atoms with van der Waals surface area (Å²) in [6, 6.07) is 0. The molecule has 25 heavy (non-hydrogen) atoms. The minimum atomic E-state index is -10.7. The molecule has 4 nitrogen and oxygen atoms in total. The first-order valence-corrected chi connectivity index (χ1v) is 7.43. The van der Waals surface area contributed by atoms with E-state index in [9.17, 15) is 25.2 Å². The minimum absolute atomic E-state index is 0. The Kier molecular flexibility index (Phi) is 21.1. The maximum atomic E-state index is 9.87. The zero-order valence-electron chi connectivity index (χ0n) is 12.8. The van der Waals surface area contributed by atoms with Crippen LogP contribution in [0, 0.1) is 26.4 Å². The van der Waals surface area contributed by atoms with Crippen LogP contribution >= 0.6 is 7.81 Å². The molecule has 0 bridgehead atoms. The molecule has 0 aromatic carbocycles. The summed E-state index contributed by atoms with van der Waals surface area (Å²) in [5.74, 6) is 0.957. The van der Waals surface area contributed by atoms with E-state index < -0.39 is 7.81 Å². The summed E-state index contributed by atoms with van der Waals surface area (Å²) in [5, 5.41) is 0. The summed E-state index contributed by atoms with van der Waals surface area (Å²) in [6.45, 7) is 15.5. The molecule has 0 aromatic rings. The van der Waals surface area contributed by atoms with Gasteiger partial charge in [-0.3, -0.25) is 0 Å². The van der Waals surface area contributed by atoms with Gasteiger partial charge in [0, 0.05) is 23.5 Å². The molecule has 0 N–H and O–H groups in total. The first-order valence-electron chi connectivity index (χ1n) is 5.40. The summed E-state index contributed by atoms with van der Waals surface area (Å²) >= 11 is 0. The fourth-order valence-electron chi connectivity index (χ4n) is 1.03. The molecule has 145 valence electrons. The van der Waals surface area contributed by atoms with E-state index in [2.05, 4.69) is 38.5 Å². The SMILES string of the molecule is C/C=C/C1=CC=C(OC)[CH]C1.F[P-](F)(F)(F)(F)F.[C-]#[O+].[C-]#[O+].[C-]#[O+].[Fe]. The maximum absolute atomic E-state index is 10.7. The number of halogens is 6. The van der Waals surface area contributed by atoms with Crippen molar-refractivity contribution in [3.63, 3.8) is 0 Å². The van der Waals surface area contributed by atoms with Crippen LogP contribution in [0.1, 0.15) is 13.3 Å². The standard InChI is InChI=1S/C10H13O.3CO.F6P.Fe/c1-3-4-9-5-7-10(11-2)8-6-9;3*1-2;1-7(2,3,4,5)6;/h3-5,7-8H,6H2,1-2H3;;;;;/q;;;;-1;/b4-3+;;;;;. The van der Waals surface area contributed by atoms with Crippen LogP contribution in [0.25, 0.3) is 0 Å². The fourth-order valence-corrected chi connectivity index (χ4v) is 1.03. The molecule has 0 unspecified atom stereocenters. The van der Waals surface area contributed by atoms with Crippen LogP contribution in [-0.4, -0.2) is 7.11 Å². The average Bonchev–Trinajstić information content (AvgIpc) is 2.51. The van der Waals surface area contributed by atoms with Gasteiger partial charge >= 0.3 is 66.9 Å². The van der Waals surface area contributed by atoms with Crippen LogP contribution in [0.4, 0.5) is 25.2 Å². The van der Waals surface area contributed by atoms with Crippen molar-refractivity contribution in [3.8, 4) is 0 Å². The Morgan fingerprint density at radius 1 is 0.960 bits per heavy atom. The topological polar surface area (TPSA) is 68.9 Å². The molecule has 0 aromatic heterocycles. The summed E-state index contributed by atoms with van der Waals surface area (Å²) in [6.07, 6.45) is 11.3. The Labute approximate surface area is 151 Å². The van der Waals surface area contributed by atoms with Crippen molar-refractivity contribution in [3.05, 3.63) is 62.0 Å². The summed E-state index contributed by atoms with van der Waals surface area (Å²) in [4.78, 5) is 0. The number of hydrogen-bond acceptors (Lipinski definition) is 1. The van der Waals surface area contributed by atoms with Crippen molar-refractivity contribution in [2.24, 2.45) is 0 Å². The van der Waals surface area contributed by atoms with Crippen LogP contribution in [-0.2, 0) is 35.8 Å². The van der Waals surface area contributed by atoms with Gasteiger partial charge < -0.3 is 4.74 Å². The number of rotatable bonds is 2. The summed E-state index contributed by atoms with van der Waals surface area (Å²) in [5.41, 5.74) is 1.33. The smallest absolute Gasteiger partial charge is 0 e. The van der Waals surface area contributed by atoms with E-state index in [1.165, 1.54) is 5.57 Å². The van der Waals surface area contributed by atoms with Gasteiger partial charge in [-0.2, -0.15) is 0 Å². The molecule has 0 saturated heterocycles. The minimum Gasteiger partial charge on any atom is 0 e.